The van der Waals surface area contributed by atoms with Gasteiger partial charge in [-0.1, -0.05) is 12.1 Å². The second kappa shape index (κ2) is 6.62. The van der Waals surface area contributed by atoms with Crippen molar-refractivity contribution in [3.63, 3.8) is 0 Å². The molecular weight excluding hydrogens is 418 g/mol. The number of nitrogen functional groups attached to an aromatic ring is 2. The van der Waals surface area contributed by atoms with Crippen molar-refractivity contribution in [1.82, 2.24) is 0 Å². The standard InChI is InChI=1S/C13H11BrClFN2O2S.ClH/c1-6-9(7-2-4-8(17)5-3-7)11(16)13(21(15,19)20)12(18)10(6)14;/h2-5H,17-18H2,1H3;1H. The lowest BCUT2D eigenvalue weighted by Gasteiger charge is -2.15. The topological polar surface area (TPSA) is 86.2 Å². The van der Waals surface area contributed by atoms with Crippen LogP contribution in [-0.2, 0) is 9.05 Å². The molecule has 9 heteroatoms. The molecule has 0 radical (unpaired) electrons. The van der Waals surface area contributed by atoms with E-state index in [0.29, 0.717) is 16.8 Å². The van der Waals surface area contributed by atoms with Crippen LogP contribution in [0.3, 0.4) is 0 Å². The summed E-state index contributed by atoms with van der Waals surface area (Å²) >= 11 is 3.18. The minimum Gasteiger partial charge on any atom is -0.399 e. The number of anilines is 2. The van der Waals surface area contributed by atoms with Crippen LogP contribution in [0.15, 0.2) is 33.6 Å². The summed E-state index contributed by atoms with van der Waals surface area (Å²) in [5, 5.41) is 0. The van der Waals surface area contributed by atoms with Crippen LogP contribution in [-0.4, -0.2) is 8.42 Å². The fourth-order valence-electron chi connectivity index (χ4n) is 2.04. The zero-order valence-electron chi connectivity index (χ0n) is 11.2. The van der Waals surface area contributed by atoms with E-state index in [-0.39, 0.29) is 28.1 Å². The van der Waals surface area contributed by atoms with Crippen LogP contribution in [0.25, 0.3) is 11.1 Å². The minimum absolute atomic E-state index is 0. The number of benzene rings is 2. The lowest BCUT2D eigenvalue weighted by atomic mass is 9.99. The quantitative estimate of drug-likeness (QED) is 0.556. The van der Waals surface area contributed by atoms with E-state index in [9.17, 15) is 12.8 Å². The summed E-state index contributed by atoms with van der Waals surface area (Å²) < 4.78 is 38.1. The number of halogens is 4. The van der Waals surface area contributed by atoms with E-state index in [1.165, 1.54) is 0 Å². The largest absolute Gasteiger partial charge is 0.399 e. The first-order valence-electron chi connectivity index (χ1n) is 5.72. The van der Waals surface area contributed by atoms with E-state index in [4.69, 9.17) is 22.1 Å². The van der Waals surface area contributed by atoms with Gasteiger partial charge in [-0.05, 0) is 46.1 Å². The molecule has 0 aliphatic carbocycles. The zero-order valence-corrected chi connectivity index (χ0v) is 15.2. The fraction of sp³-hybridized carbons (Fsp3) is 0.0769. The van der Waals surface area contributed by atoms with Gasteiger partial charge in [-0.2, -0.15) is 0 Å². The van der Waals surface area contributed by atoms with Crippen molar-refractivity contribution in [1.29, 1.82) is 0 Å². The predicted octanol–water partition coefficient (Wildman–Crippen LogP) is 4.08. The molecule has 0 spiro atoms. The molecule has 2 aromatic carbocycles. The number of hydrogen-bond acceptors (Lipinski definition) is 4. The Kier molecular flexibility index (Phi) is 5.72. The molecule has 2 aromatic rings. The van der Waals surface area contributed by atoms with Crippen LogP contribution in [0.5, 0.6) is 0 Å². The Hall–Kier alpha value is -1.02. The van der Waals surface area contributed by atoms with Crippen molar-refractivity contribution < 1.29 is 12.8 Å². The summed E-state index contributed by atoms with van der Waals surface area (Å²) in [6.07, 6.45) is 0. The summed E-state index contributed by atoms with van der Waals surface area (Å²) in [6.45, 7) is 1.62. The fourth-order valence-corrected chi connectivity index (χ4v) is 3.70. The van der Waals surface area contributed by atoms with E-state index in [0.717, 1.165) is 0 Å². The maximum Gasteiger partial charge on any atom is 0.266 e. The summed E-state index contributed by atoms with van der Waals surface area (Å²) in [6, 6.07) is 6.36. The van der Waals surface area contributed by atoms with Gasteiger partial charge in [0.25, 0.3) is 9.05 Å². The predicted molar refractivity (Wildman–Crippen MR) is 93.4 cm³/mol. The van der Waals surface area contributed by atoms with Crippen molar-refractivity contribution in [2.45, 2.75) is 11.8 Å². The van der Waals surface area contributed by atoms with Gasteiger partial charge in [0.2, 0.25) is 0 Å². The third-order valence-corrected chi connectivity index (χ3v) is 5.42. The molecule has 0 atom stereocenters. The Morgan fingerprint density at radius 3 is 2.14 bits per heavy atom. The van der Waals surface area contributed by atoms with Gasteiger partial charge >= 0.3 is 0 Å². The summed E-state index contributed by atoms with van der Waals surface area (Å²) in [4.78, 5) is -0.728. The third-order valence-electron chi connectivity index (χ3n) is 3.05. The molecule has 0 fully saturated rings. The molecule has 22 heavy (non-hydrogen) atoms. The van der Waals surface area contributed by atoms with Crippen LogP contribution in [0.2, 0.25) is 0 Å². The van der Waals surface area contributed by atoms with E-state index >= 15 is 0 Å². The summed E-state index contributed by atoms with van der Waals surface area (Å²) in [7, 11) is 0.965. The maximum absolute atomic E-state index is 14.7. The molecule has 0 aliphatic heterocycles. The normalized spacial score (nSPS) is 11.1. The Labute approximate surface area is 146 Å². The number of rotatable bonds is 2. The highest BCUT2D eigenvalue weighted by Crippen LogP contribution is 2.41. The van der Waals surface area contributed by atoms with Crippen LogP contribution in [0, 0.1) is 12.7 Å². The molecule has 0 saturated carbocycles. The molecule has 0 aromatic heterocycles. The second-order valence-corrected chi connectivity index (χ2v) is 7.73. The minimum atomic E-state index is -4.32. The Morgan fingerprint density at radius 1 is 1.18 bits per heavy atom. The molecule has 0 saturated heterocycles. The molecular formula is C13H12BrCl2FN2O2S. The maximum atomic E-state index is 14.7. The smallest absolute Gasteiger partial charge is 0.266 e. The first kappa shape index (κ1) is 19.0. The average molecular weight is 430 g/mol. The van der Waals surface area contributed by atoms with Crippen molar-refractivity contribution in [3.8, 4) is 11.1 Å². The molecule has 4 N–H and O–H groups in total. The molecule has 4 nitrogen and oxygen atoms in total. The van der Waals surface area contributed by atoms with Crippen molar-refractivity contribution in [3.05, 3.63) is 40.1 Å². The van der Waals surface area contributed by atoms with E-state index in [2.05, 4.69) is 15.9 Å². The molecule has 2 rings (SSSR count). The van der Waals surface area contributed by atoms with Crippen LogP contribution in [0.1, 0.15) is 5.56 Å². The Bertz CT molecular complexity index is 827. The van der Waals surface area contributed by atoms with Crippen LogP contribution >= 0.6 is 39.0 Å². The number of nitrogens with two attached hydrogens (primary N) is 2. The Balaban J connectivity index is 0.00000242. The SMILES string of the molecule is Cc1c(Br)c(N)c(S(=O)(=O)Cl)c(F)c1-c1ccc(N)cc1.Cl. The summed E-state index contributed by atoms with van der Waals surface area (Å²) in [5.41, 5.74) is 12.6. The zero-order chi connectivity index (χ0) is 15.9. The third kappa shape index (κ3) is 3.32. The molecule has 0 amide bonds. The lowest BCUT2D eigenvalue weighted by Crippen LogP contribution is -2.07. The van der Waals surface area contributed by atoms with Gasteiger partial charge in [0.15, 0.2) is 5.82 Å². The van der Waals surface area contributed by atoms with Crippen LogP contribution in [0.4, 0.5) is 15.8 Å². The molecule has 0 aliphatic rings. The van der Waals surface area contributed by atoms with Gasteiger partial charge in [-0.3, -0.25) is 0 Å². The van der Waals surface area contributed by atoms with Gasteiger partial charge in [0.1, 0.15) is 4.90 Å². The van der Waals surface area contributed by atoms with Crippen molar-refractivity contribution in [2.24, 2.45) is 0 Å². The van der Waals surface area contributed by atoms with Gasteiger partial charge in [-0.25, -0.2) is 12.8 Å². The van der Waals surface area contributed by atoms with Crippen molar-refractivity contribution in [2.75, 3.05) is 11.5 Å². The van der Waals surface area contributed by atoms with Crippen LogP contribution < -0.4 is 11.5 Å². The van der Waals surface area contributed by atoms with Gasteiger partial charge in [0.05, 0.1) is 5.69 Å². The Morgan fingerprint density at radius 2 is 1.68 bits per heavy atom. The van der Waals surface area contributed by atoms with Gasteiger partial charge in [-0.15, -0.1) is 12.4 Å². The lowest BCUT2D eigenvalue weighted by molar-refractivity contribution is 0.578. The average Bonchev–Trinajstić information content (AvgIpc) is 2.37. The molecule has 0 unspecified atom stereocenters. The molecule has 0 bridgehead atoms. The summed E-state index contributed by atoms with van der Waals surface area (Å²) in [5.74, 6) is -0.979. The van der Waals surface area contributed by atoms with E-state index < -0.39 is 19.8 Å². The monoisotopic (exact) mass is 428 g/mol. The van der Waals surface area contributed by atoms with E-state index in [1.54, 1.807) is 31.2 Å². The van der Waals surface area contributed by atoms with Crippen molar-refractivity contribution >= 4 is 59.4 Å². The first-order chi connectivity index (χ1) is 9.64. The van der Waals surface area contributed by atoms with Gasteiger partial charge in [0, 0.05) is 26.4 Å². The van der Waals surface area contributed by atoms with Gasteiger partial charge < -0.3 is 11.5 Å². The van der Waals surface area contributed by atoms with E-state index in [1.807, 2.05) is 0 Å². The highest BCUT2D eigenvalue weighted by molar-refractivity contribution is 9.10. The number of hydrogen-bond donors (Lipinski definition) is 2. The molecule has 120 valence electrons. The molecule has 0 heterocycles. The first-order valence-corrected chi connectivity index (χ1v) is 8.82. The highest BCUT2D eigenvalue weighted by atomic mass is 79.9. The second-order valence-electron chi connectivity index (χ2n) is 4.43. The highest BCUT2D eigenvalue weighted by Gasteiger charge is 2.27.